The highest BCUT2D eigenvalue weighted by atomic mass is 35.5. The van der Waals surface area contributed by atoms with Crippen molar-refractivity contribution in [1.82, 2.24) is 24.4 Å². The summed E-state index contributed by atoms with van der Waals surface area (Å²) in [7, 11) is 0. The standard InChI is InChI=1S/C35H42ClN5O5/c1-35(2,3)46-34(44)40-12-10-38(11-13-40)9-8-28-20-26-18-25(22-39-14-16-45-17-15-39)19-29-31(26)41(28)23-30(32(29)42)33(43)37-21-24-4-6-27(36)7-5-24/h4-7,18-20,23H,8-17,21-22H2,1-3H3,(H,37,43). The SMILES string of the molecule is CC(C)(C)OC(=O)N1CCN(CCc2cc3cc(CN4CCOCC4)cc4c(=O)c(C(=O)NCc5ccc(Cl)cc5)cn2c34)CC1. The number of hydrogen-bond acceptors (Lipinski definition) is 7. The van der Waals surface area contributed by atoms with Crippen LogP contribution in [0.2, 0.25) is 5.02 Å². The lowest BCUT2D eigenvalue weighted by Gasteiger charge is -2.35. The van der Waals surface area contributed by atoms with E-state index in [4.69, 9.17) is 21.1 Å². The fourth-order valence-corrected chi connectivity index (χ4v) is 6.37. The van der Waals surface area contributed by atoms with Gasteiger partial charge in [0.25, 0.3) is 5.91 Å². The molecule has 4 heterocycles. The highest BCUT2D eigenvalue weighted by Crippen LogP contribution is 2.27. The lowest BCUT2D eigenvalue weighted by Crippen LogP contribution is -2.50. The van der Waals surface area contributed by atoms with Crippen molar-refractivity contribution >= 4 is 39.9 Å². The minimum atomic E-state index is -0.520. The number of rotatable bonds is 8. The second-order valence-electron chi connectivity index (χ2n) is 13.2. The van der Waals surface area contributed by atoms with E-state index >= 15 is 0 Å². The van der Waals surface area contributed by atoms with Crippen molar-refractivity contribution in [1.29, 1.82) is 0 Å². The van der Waals surface area contributed by atoms with E-state index in [-0.39, 0.29) is 23.6 Å². The third kappa shape index (κ3) is 7.47. The second-order valence-corrected chi connectivity index (χ2v) is 13.7. The lowest BCUT2D eigenvalue weighted by molar-refractivity contribution is 0.0146. The average molecular weight is 648 g/mol. The molecule has 0 atom stereocenters. The van der Waals surface area contributed by atoms with E-state index in [0.29, 0.717) is 43.3 Å². The van der Waals surface area contributed by atoms with E-state index in [2.05, 4.69) is 27.2 Å². The van der Waals surface area contributed by atoms with Crippen molar-refractivity contribution in [3.8, 4) is 0 Å². The van der Waals surface area contributed by atoms with Gasteiger partial charge in [0, 0.05) is 93.0 Å². The summed E-state index contributed by atoms with van der Waals surface area (Å²) in [6.45, 7) is 13.2. The van der Waals surface area contributed by atoms with Gasteiger partial charge in [0.2, 0.25) is 5.43 Å². The highest BCUT2D eigenvalue weighted by molar-refractivity contribution is 6.30. The molecule has 2 aromatic carbocycles. The van der Waals surface area contributed by atoms with Crippen LogP contribution in [0.4, 0.5) is 4.79 Å². The van der Waals surface area contributed by atoms with E-state index < -0.39 is 11.5 Å². The summed E-state index contributed by atoms with van der Waals surface area (Å²) in [5.41, 5.74) is 3.15. The molecular weight excluding hydrogens is 606 g/mol. The molecule has 0 bridgehead atoms. The van der Waals surface area contributed by atoms with Crippen LogP contribution in [0.1, 0.15) is 48.0 Å². The highest BCUT2D eigenvalue weighted by Gasteiger charge is 2.26. The van der Waals surface area contributed by atoms with Gasteiger partial charge in [-0.15, -0.1) is 0 Å². The minimum Gasteiger partial charge on any atom is -0.444 e. The maximum Gasteiger partial charge on any atom is 0.410 e. The Hall–Kier alpha value is -3.70. The van der Waals surface area contributed by atoms with E-state index in [0.717, 1.165) is 66.9 Å². The monoisotopic (exact) mass is 647 g/mol. The quantitative estimate of drug-likeness (QED) is 0.303. The molecular formula is C35H42ClN5O5. The van der Waals surface area contributed by atoms with Crippen LogP contribution >= 0.6 is 11.6 Å². The van der Waals surface area contributed by atoms with Crippen LogP contribution in [0, 0.1) is 0 Å². The molecule has 2 amide bonds. The molecule has 1 N–H and O–H groups in total. The average Bonchev–Trinajstić information content (AvgIpc) is 3.38. The number of hydrogen-bond donors (Lipinski definition) is 1. The van der Waals surface area contributed by atoms with Crippen LogP contribution in [-0.2, 0) is 29.0 Å². The van der Waals surface area contributed by atoms with Gasteiger partial charge in [-0.25, -0.2) is 4.79 Å². The number of morpholine rings is 1. The molecule has 2 aliphatic heterocycles. The summed E-state index contributed by atoms with van der Waals surface area (Å²) in [4.78, 5) is 46.3. The number of halogens is 1. The Labute approximate surface area is 274 Å². The first kappa shape index (κ1) is 32.2. The van der Waals surface area contributed by atoms with Crippen molar-refractivity contribution in [2.75, 3.05) is 59.0 Å². The Bertz CT molecular complexity index is 1750. The normalized spacial score (nSPS) is 16.7. The topological polar surface area (TPSA) is 95.8 Å². The fraction of sp³-hybridized carbons (Fsp3) is 0.457. The van der Waals surface area contributed by atoms with Crippen LogP contribution in [0.3, 0.4) is 0 Å². The van der Waals surface area contributed by atoms with Crippen molar-refractivity contribution < 1.29 is 19.1 Å². The third-order valence-corrected chi connectivity index (χ3v) is 8.90. The fourth-order valence-electron chi connectivity index (χ4n) is 6.24. The molecule has 0 radical (unpaired) electrons. The van der Waals surface area contributed by atoms with Crippen LogP contribution < -0.4 is 10.7 Å². The van der Waals surface area contributed by atoms with Gasteiger partial charge < -0.3 is 24.1 Å². The van der Waals surface area contributed by atoms with E-state index in [9.17, 15) is 14.4 Å². The van der Waals surface area contributed by atoms with E-state index in [1.54, 1.807) is 23.2 Å². The number of nitrogens with one attached hydrogen (secondary N) is 1. The van der Waals surface area contributed by atoms with Gasteiger partial charge in [0.15, 0.2) is 0 Å². The molecule has 0 spiro atoms. The van der Waals surface area contributed by atoms with Crippen LogP contribution in [0.15, 0.2) is 53.5 Å². The van der Waals surface area contributed by atoms with Crippen molar-refractivity contribution in [3.05, 3.63) is 86.3 Å². The van der Waals surface area contributed by atoms with Gasteiger partial charge in [-0.3, -0.25) is 19.4 Å². The Morgan fingerprint density at radius 3 is 2.35 bits per heavy atom. The first-order valence-corrected chi connectivity index (χ1v) is 16.4. The number of pyridine rings is 1. The van der Waals surface area contributed by atoms with Crippen molar-refractivity contribution in [3.63, 3.8) is 0 Å². The van der Waals surface area contributed by atoms with Gasteiger partial charge in [0.1, 0.15) is 11.2 Å². The summed E-state index contributed by atoms with van der Waals surface area (Å²) in [5, 5.41) is 5.10. The maximum absolute atomic E-state index is 13.9. The lowest BCUT2D eigenvalue weighted by atomic mass is 10.0. The number of aromatic nitrogens is 1. The van der Waals surface area contributed by atoms with Crippen molar-refractivity contribution in [2.45, 2.75) is 45.9 Å². The molecule has 2 aromatic heterocycles. The smallest absolute Gasteiger partial charge is 0.410 e. The predicted molar refractivity (Wildman–Crippen MR) is 179 cm³/mol. The number of nitrogens with zero attached hydrogens (tertiary/aromatic N) is 4. The molecule has 46 heavy (non-hydrogen) atoms. The Morgan fingerprint density at radius 2 is 1.65 bits per heavy atom. The summed E-state index contributed by atoms with van der Waals surface area (Å²) in [6.07, 6.45) is 2.15. The number of ether oxygens (including phenoxy) is 2. The molecule has 244 valence electrons. The molecule has 2 fully saturated rings. The summed E-state index contributed by atoms with van der Waals surface area (Å²) in [6, 6.07) is 13.5. The number of benzene rings is 2. The van der Waals surface area contributed by atoms with Gasteiger partial charge in [-0.1, -0.05) is 23.7 Å². The second kappa shape index (κ2) is 13.6. The maximum atomic E-state index is 13.9. The summed E-state index contributed by atoms with van der Waals surface area (Å²) >= 11 is 6.02. The van der Waals surface area contributed by atoms with Crippen molar-refractivity contribution in [2.24, 2.45) is 0 Å². The zero-order chi connectivity index (χ0) is 32.4. The zero-order valence-electron chi connectivity index (χ0n) is 26.8. The Balaban J connectivity index is 1.25. The summed E-state index contributed by atoms with van der Waals surface area (Å²) < 4.78 is 13.1. The first-order valence-electron chi connectivity index (χ1n) is 16.0. The van der Waals surface area contributed by atoms with Gasteiger partial charge >= 0.3 is 6.09 Å². The number of amides is 2. The van der Waals surface area contributed by atoms with E-state index in [1.807, 2.05) is 43.4 Å². The molecule has 0 unspecified atom stereocenters. The van der Waals surface area contributed by atoms with Gasteiger partial charge in [-0.2, -0.15) is 0 Å². The molecule has 11 heteroatoms. The summed E-state index contributed by atoms with van der Waals surface area (Å²) in [5.74, 6) is -0.407. The Kier molecular flexibility index (Phi) is 9.52. The van der Waals surface area contributed by atoms with E-state index in [1.165, 1.54) is 0 Å². The largest absolute Gasteiger partial charge is 0.444 e. The molecule has 6 rings (SSSR count). The molecule has 4 aromatic rings. The minimum absolute atomic E-state index is 0.120. The number of piperazine rings is 1. The molecule has 0 saturated carbocycles. The molecule has 0 aliphatic carbocycles. The Morgan fingerprint density at radius 1 is 0.935 bits per heavy atom. The van der Waals surface area contributed by atoms with Crippen LogP contribution in [0.5, 0.6) is 0 Å². The zero-order valence-corrected chi connectivity index (χ0v) is 27.6. The third-order valence-electron chi connectivity index (χ3n) is 8.65. The molecule has 10 nitrogen and oxygen atoms in total. The number of carbonyl (C=O) groups excluding carboxylic acids is 2. The first-order chi connectivity index (χ1) is 22.0. The molecule has 2 saturated heterocycles. The van der Waals surface area contributed by atoms with Crippen LogP contribution in [0.25, 0.3) is 16.3 Å². The van der Waals surface area contributed by atoms with Crippen LogP contribution in [-0.4, -0.2) is 95.7 Å². The molecule has 2 aliphatic rings. The number of carbonyl (C=O) groups is 2. The van der Waals surface area contributed by atoms with Gasteiger partial charge in [-0.05, 0) is 62.2 Å². The predicted octanol–water partition coefficient (Wildman–Crippen LogP) is 4.40. The van der Waals surface area contributed by atoms with Gasteiger partial charge in [0.05, 0.1) is 18.7 Å².